The summed E-state index contributed by atoms with van der Waals surface area (Å²) in [6.07, 6.45) is 1.35. The zero-order valence-corrected chi connectivity index (χ0v) is 13.9. The molecule has 3 amide bonds. The Bertz CT molecular complexity index is 928. The maximum Gasteiger partial charge on any atom is 0.346 e. The van der Waals surface area contributed by atoms with Crippen molar-refractivity contribution in [2.24, 2.45) is 0 Å². The molecule has 7 nitrogen and oxygen atoms in total. The molecule has 4 rings (SSSR count). The number of hydrogen-bond donors (Lipinski definition) is 2. The van der Waals surface area contributed by atoms with Gasteiger partial charge in [-0.05, 0) is 30.3 Å². The Morgan fingerprint density at radius 1 is 0.960 bits per heavy atom. The largest absolute Gasteiger partial charge is 0.495 e. The van der Waals surface area contributed by atoms with Crippen LogP contribution in [0.2, 0.25) is 5.02 Å². The summed E-state index contributed by atoms with van der Waals surface area (Å²) in [5.74, 6) is 0.533. The highest BCUT2D eigenvalue weighted by atomic mass is 35.5. The number of anilines is 3. The molecular weight excluding hydrogens is 344 g/mol. The molecule has 2 heterocycles. The van der Waals surface area contributed by atoms with Gasteiger partial charge in [0.1, 0.15) is 11.6 Å². The van der Waals surface area contributed by atoms with E-state index in [0.717, 1.165) is 0 Å². The lowest BCUT2D eigenvalue weighted by atomic mass is 10.2. The number of carbonyl (C=O) groups is 2. The first-order valence-corrected chi connectivity index (χ1v) is 7.82. The van der Waals surface area contributed by atoms with E-state index in [1.807, 2.05) is 6.07 Å². The standard InChI is InChI=1S/C17H13ClN4O3/c1-25-14-5-3-2-4-12(14)21-13-8-10(18)6-7-11(13)22-15(9-16(21)23)19-20-17(22)24/h2-9,19H,1H3,(H,20,24). The molecule has 0 saturated carbocycles. The molecule has 2 aliphatic rings. The number of ether oxygens (including phenoxy) is 1. The molecule has 2 aromatic carbocycles. The lowest BCUT2D eigenvalue weighted by Crippen LogP contribution is -2.30. The first-order chi connectivity index (χ1) is 12.1. The van der Waals surface area contributed by atoms with Crippen LogP contribution in [0.5, 0.6) is 5.75 Å². The molecule has 0 bridgehead atoms. The molecule has 2 N–H and O–H groups in total. The minimum Gasteiger partial charge on any atom is -0.495 e. The summed E-state index contributed by atoms with van der Waals surface area (Å²) in [6.45, 7) is 0. The van der Waals surface area contributed by atoms with E-state index in [1.165, 1.54) is 23.0 Å². The first-order valence-electron chi connectivity index (χ1n) is 7.44. The van der Waals surface area contributed by atoms with Gasteiger partial charge in [-0.25, -0.2) is 15.1 Å². The number of carbonyl (C=O) groups excluding carboxylic acids is 2. The van der Waals surface area contributed by atoms with Gasteiger partial charge >= 0.3 is 6.03 Å². The molecular formula is C17H13ClN4O3. The SMILES string of the molecule is COc1ccccc1N1C(=O)C=C2NNC(=O)N2c2ccc(Cl)cc21. The van der Waals surface area contributed by atoms with Gasteiger partial charge in [0, 0.05) is 11.1 Å². The highest BCUT2D eigenvalue weighted by Crippen LogP contribution is 2.43. The molecule has 2 aromatic rings. The number of hydrazine groups is 1. The average Bonchev–Trinajstić information content (AvgIpc) is 2.90. The third-order valence-electron chi connectivity index (χ3n) is 3.97. The van der Waals surface area contributed by atoms with Crippen molar-refractivity contribution in [1.29, 1.82) is 0 Å². The number of nitrogens with one attached hydrogen (secondary N) is 2. The van der Waals surface area contributed by atoms with Crippen LogP contribution in [0.3, 0.4) is 0 Å². The van der Waals surface area contributed by atoms with Crippen LogP contribution in [0.4, 0.5) is 21.9 Å². The fraction of sp³-hybridized carbons (Fsp3) is 0.0588. The zero-order valence-electron chi connectivity index (χ0n) is 13.1. The van der Waals surface area contributed by atoms with Gasteiger partial charge < -0.3 is 4.74 Å². The third kappa shape index (κ3) is 2.36. The van der Waals surface area contributed by atoms with Gasteiger partial charge in [-0.15, -0.1) is 0 Å². The van der Waals surface area contributed by atoms with E-state index >= 15 is 0 Å². The topological polar surface area (TPSA) is 73.9 Å². The van der Waals surface area contributed by atoms with E-state index in [-0.39, 0.29) is 11.9 Å². The maximum atomic E-state index is 13.0. The summed E-state index contributed by atoms with van der Waals surface area (Å²) in [5.41, 5.74) is 6.75. The molecule has 0 aliphatic carbocycles. The van der Waals surface area contributed by atoms with Crippen LogP contribution in [0.1, 0.15) is 0 Å². The van der Waals surface area contributed by atoms with Gasteiger partial charge in [-0.1, -0.05) is 23.7 Å². The number of methoxy groups -OCH3 is 1. The number of halogens is 1. The highest BCUT2D eigenvalue weighted by Gasteiger charge is 2.36. The van der Waals surface area contributed by atoms with Gasteiger partial charge in [-0.2, -0.15) is 0 Å². The monoisotopic (exact) mass is 356 g/mol. The number of amides is 3. The van der Waals surface area contributed by atoms with Crippen molar-refractivity contribution in [2.75, 3.05) is 16.9 Å². The second-order valence-corrected chi connectivity index (χ2v) is 5.84. The van der Waals surface area contributed by atoms with Crippen molar-refractivity contribution in [3.63, 3.8) is 0 Å². The Morgan fingerprint density at radius 2 is 1.76 bits per heavy atom. The van der Waals surface area contributed by atoms with Crippen molar-refractivity contribution >= 4 is 40.6 Å². The summed E-state index contributed by atoms with van der Waals surface area (Å²) in [5, 5.41) is 0.447. The van der Waals surface area contributed by atoms with Crippen LogP contribution < -0.4 is 25.4 Å². The zero-order chi connectivity index (χ0) is 17.6. The number of fused-ring (bicyclic) bond motifs is 3. The molecule has 8 heteroatoms. The maximum absolute atomic E-state index is 13.0. The van der Waals surface area contributed by atoms with Gasteiger partial charge in [0.15, 0.2) is 0 Å². The van der Waals surface area contributed by atoms with Crippen molar-refractivity contribution in [3.05, 3.63) is 59.4 Å². The van der Waals surface area contributed by atoms with Gasteiger partial charge in [0.2, 0.25) is 0 Å². The lowest BCUT2D eigenvalue weighted by Gasteiger charge is -2.25. The fourth-order valence-corrected chi connectivity index (χ4v) is 3.07. The fourth-order valence-electron chi connectivity index (χ4n) is 2.91. The third-order valence-corrected chi connectivity index (χ3v) is 4.20. The van der Waals surface area contributed by atoms with E-state index in [9.17, 15) is 9.59 Å². The number of hydrogen-bond acceptors (Lipinski definition) is 4. The van der Waals surface area contributed by atoms with Gasteiger partial charge in [-0.3, -0.25) is 15.1 Å². The normalized spacial score (nSPS) is 15.7. The molecule has 0 spiro atoms. The molecule has 1 saturated heterocycles. The summed E-state index contributed by atoms with van der Waals surface area (Å²) in [6, 6.07) is 11.8. The van der Waals surface area contributed by atoms with Crippen LogP contribution >= 0.6 is 11.6 Å². The number of benzene rings is 2. The average molecular weight is 357 g/mol. The van der Waals surface area contributed by atoms with Crippen molar-refractivity contribution in [2.45, 2.75) is 0 Å². The van der Waals surface area contributed by atoms with Crippen LogP contribution in [-0.2, 0) is 4.79 Å². The van der Waals surface area contributed by atoms with E-state index in [1.54, 1.807) is 36.4 Å². The van der Waals surface area contributed by atoms with Crippen molar-refractivity contribution in [1.82, 2.24) is 10.9 Å². The summed E-state index contributed by atoms with van der Waals surface area (Å²) in [4.78, 5) is 28.0. The second kappa shape index (κ2) is 5.71. The van der Waals surface area contributed by atoms with Crippen molar-refractivity contribution < 1.29 is 14.3 Å². The van der Waals surface area contributed by atoms with Crippen LogP contribution in [0.25, 0.3) is 0 Å². The lowest BCUT2D eigenvalue weighted by molar-refractivity contribution is -0.113. The smallest absolute Gasteiger partial charge is 0.346 e. The van der Waals surface area contributed by atoms with Crippen LogP contribution in [0.15, 0.2) is 54.4 Å². The Balaban J connectivity index is 1.99. The minimum atomic E-state index is -0.385. The Labute approximate surface area is 148 Å². The van der Waals surface area contributed by atoms with E-state index in [2.05, 4.69) is 10.9 Å². The summed E-state index contributed by atoms with van der Waals surface area (Å²) in [7, 11) is 1.53. The van der Waals surface area contributed by atoms with E-state index in [4.69, 9.17) is 16.3 Å². The van der Waals surface area contributed by atoms with Crippen LogP contribution in [0, 0.1) is 0 Å². The quantitative estimate of drug-likeness (QED) is 0.867. The molecule has 0 unspecified atom stereocenters. The summed E-state index contributed by atoms with van der Waals surface area (Å²) >= 11 is 6.16. The predicted molar refractivity (Wildman–Crippen MR) is 93.8 cm³/mol. The number of para-hydroxylation sites is 2. The predicted octanol–water partition coefficient (Wildman–Crippen LogP) is 2.90. The Morgan fingerprint density at radius 3 is 2.56 bits per heavy atom. The second-order valence-electron chi connectivity index (χ2n) is 5.40. The molecule has 0 aromatic heterocycles. The molecule has 1 fully saturated rings. The molecule has 25 heavy (non-hydrogen) atoms. The van der Waals surface area contributed by atoms with Crippen LogP contribution in [-0.4, -0.2) is 19.0 Å². The van der Waals surface area contributed by atoms with E-state index in [0.29, 0.717) is 33.7 Å². The molecule has 2 aliphatic heterocycles. The number of urea groups is 1. The first kappa shape index (κ1) is 15.3. The van der Waals surface area contributed by atoms with Gasteiger partial charge in [0.05, 0.1) is 24.2 Å². The molecule has 126 valence electrons. The Kier molecular flexibility index (Phi) is 3.51. The molecule has 0 radical (unpaired) electrons. The molecule has 0 atom stereocenters. The Hall–Kier alpha value is -3.19. The highest BCUT2D eigenvalue weighted by molar-refractivity contribution is 6.31. The van der Waals surface area contributed by atoms with E-state index < -0.39 is 0 Å². The van der Waals surface area contributed by atoms with Crippen molar-refractivity contribution in [3.8, 4) is 5.75 Å². The summed E-state index contributed by atoms with van der Waals surface area (Å²) < 4.78 is 5.39. The number of nitrogens with zero attached hydrogens (tertiary/aromatic N) is 2. The number of rotatable bonds is 2. The minimum absolute atomic E-state index is 0.338. The van der Waals surface area contributed by atoms with Gasteiger partial charge in [0.25, 0.3) is 5.91 Å².